The van der Waals surface area contributed by atoms with E-state index in [1.54, 1.807) is 18.2 Å². The highest BCUT2D eigenvalue weighted by Gasteiger charge is 2.22. The minimum atomic E-state index is -0.115. The molecule has 126 valence electrons. The van der Waals surface area contributed by atoms with Crippen LogP contribution in [0.4, 0.5) is 5.82 Å². The minimum absolute atomic E-state index is 0.0437. The summed E-state index contributed by atoms with van der Waals surface area (Å²) in [4.78, 5) is 26.1. The maximum Gasteiger partial charge on any atom is 0.251 e. The molecule has 7 nitrogen and oxygen atoms in total. The molecule has 0 unspecified atom stereocenters. The normalized spacial score (nSPS) is 15.8. The molecule has 1 fully saturated rings. The lowest BCUT2D eigenvalue weighted by Crippen LogP contribution is -2.46. The summed E-state index contributed by atoms with van der Waals surface area (Å²) in [5.74, 6) is 0.263. The predicted molar refractivity (Wildman–Crippen MR) is 88.5 cm³/mol. The van der Waals surface area contributed by atoms with Crippen molar-refractivity contribution in [2.45, 2.75) is 18.9 Å². The highest BCUT2D eigenvalue weighted by atomic mass is 16.5. The van der Waals surface area contributed by atoms with E-state index >= 15 is 0 Å². The number of carbonyl (C=O) groups is 2. The van der Waals surface area contributed by atoms with Gasteiger partial charge in [-0.25, -0.2) is 0 Å². The Bertz CT molecular complexity index is 664. The van der Waals surface area contributed by atoms with Crippen LogP contribution in [0.3, 0.4) is 0 Å². The van der Waals surface area contributed by atoms with Crippen LogP contribution in [0.25, 0.3) is 0 Å². The molecule has 0 bridgehead atoms. The second kappa shape index (κ2) is 7.74. The van der Waals surface area contributed by atoms with Gasteiger partial charge >= 0.3 is 0 Å². The van der Waals surface area contributed by atoms with Crippen molar-refractivity contribution in [3.63, 3.8) is 0 Å². The number of amides is 2. The fourth-order valence-corrected chi connectivity index (χ4v) is 2.76. The van der Waals surface area contributed by atoms with Crippen LogP contribution in [0, 0.1) is 0 Å². The summed E-state index contributed by atoms with van der Waals surface area (Å²) in [6.45, 7) is 1.85. The van der Waals surface area contributed by atoms with Gasteiger partial charge in [-0.3, -0.25) is 14.5 Å². The molecule has 24 heavy (non-hydrogen) atoms. The van der Waals surface area contributed by atoms with Crippen molar-refractivity contribution < 1.29 is 14.1 Å². The monoisotopic (exact) mass is 328 g/mol. The number of piperidine rings is 1. The zero-order chi connectivity index (χ0) is 16.8. The number of nitrogens with one attached hydrogen (secondary N) is 2. The first kappa shape index (κ1) is 16.2. The lowest BCUT2D eigenvalue weighted by molar-refractivity contribution is -0.117. The Morgan fingerprint density at radius 1 is 1.17 bits per heavy atom. The van der Waals surface area contributed by atoms with E-state index < -0.39 is 0 Å². The second-order valence-electron chi connectivity index (χ2n) is 5.82. The molecule has 0 spiro atoms. The highest BCUT2D eigenvalue weighted by molar-refractivity contribution is 5.94. The van der Waals surface area contributed by atoms with E-state index in [0.717, 1.165) is 25.9 Å². The molecular weight excluding hydrogens is 308 g/mol. The first-order valence-corrected chi connectivity index (χ1v) is 7.99. The van der Waals surface area contributed by atoms with Gasteiger partial charge < -0.3 is 15.2 Å². The standard InChI is InChI=1S/C17H20N4O3/c22-16(19-15-8-11-24-20-15)12-21-9-6-14(7-10-21)18-17(23)13-4-2-1-3-5-13/h1-5,8,11,14H,6-7,9-10,12H2,(H,18,23)(H,19,20,22). The molecule has 0 radical (unpaired) electrons. The van der Waals surface area contributed by atoms with Crippen LogP contribution >= 0.6 is 0 Å². The van der Waals surface area contributed by atoms with Crippen molar-refractivity contribution in [2.75, 3.05) is 25.0 Å². The maximum atomic E-state index is 12.1. The fourth-order valence-electron chi connectivity index (χ4n) is 2.76. The SMILES string of the molecule is O=C(CN1CCC(NC(=O)c2ccccc2)CC1)Nc1ccon1. The van der Waals surface area contributed by atoms with Gasteiger partial charge in [0.15, 0.2) is 5.82 Å². The molecule has 7 heteroatoms. The summed E-state index contributed by atoms with van der Waals surface area (Å²) in [6, 6.07) is 10.9. The Labute approximate surface area is 140 Å². The third kappa shape index (κ3) is 4.42. The zero-order valence-corrected chi connectivity index (χ0v) is 13.3. The summed E-state index contributed by atoms with van der Waals surface area (Å²) in [5.41, 5.74) is 0.673. The van der Waals surface area contributed by atoms with E-state index in [-0.39, 0.29) is 17.9 Å². The Balaban J connectivity index is 1.41. The average Bonchev–Trinajstić information content (AvgIpc) is 3.10. The molecule has 1 saturated heterocycles. The van der Waals surface area contributed by atoms with Crippen molar-refractivity contribution in [1.82, 2.24) is 15.4 Å². The number of rotatable bonds is 5. The van der Waals surface area contributed by atoms with Gasteiger partial charge in [0.1, 0.15) is 6.26 Å². The molecule has 1 aliphatic heterocycles. The van der Waals surface area contributed by atoms with Gasteiger partial charge in [-0.1, -0.05) is 23.4 Å². The lowest BCUT2D eigenvalue weighted by atomic mass is 10.0. The van der Waals surface area contributed by atoms with E-state index in [1.807, 2.05) is 18.2 Å². The molecule has 1 aromatic carbocycles. The summed E-state index contributed by atoms with van der Waals surface area (Å²) in [6.07, 6.45) is 3.07. The van der Waals surface area contributed by atoms with E-state index in [4.69, 9.17) is 0 Å². The Morgan fingerprint density at radius 3 is 2.58 bits per heavy atom. The van der Waals surface area contributed by atoms with Crippen molar-refractivity contribution in [3.05, 3.63) is 48.2 Å². The molecule has 1 aromatic heterocycles. The van der Waals surface area contributed by atoms with Crippen molar-refractivity contribution in [1.29, 1.82) is 0 Å². The summed E-state index contributed by atoms with van der Waals surface area (Å²) in [7, 11) is 0. The molecule has 0 aliphatic carbocycles. The number of hydrogen-bond donors (Lipinski definition) is 2. The van der Waals surface area contributed by atoms with Gasteiger partial charge in [-0.15, -0.1) is 0 Å². The third-order valence-electron chi connectivity index (χ3n) is 4.03. The van der Waals surface area contributed by atoms with Gasteiger partial charge in [0.05, 0.1) is 6.54 Å². The third-order valence-corrected chi connectivity index (χ3v) is 4.03. The van der Waals surface area contributed by atoms with Crippen LogP contribution in [-0.2, 0) is 4.79 Å². The van der Waals surface area contributed by atoms with Gasteiger partial charge in [0.25, 0.3) is 5.91 Å². The molecular formula is C17H20N4O3. The molecule has 3 rings (SSSR count). The number of likely N-dealkylation sites (tertiary alicyclic amines) is 1. The highest BCUT2D eigenvalue weighted by Crippen LogP contribution is 2.11. The Kier molecular flexibility index (Phi) is 5.22. The molecule has 2 amide bonds. The number of hydrogen-bond acceptors (Lipinski definition) is 5. The Hall–Kier alpha value is -2.67. The van der Waals surface area contributed by atoms with Gasteiger partial charge in [-0.05, 0) is 25.0 Å². The zero-order valence-electron chi connectivity index (χ0n) is 13.3. The van der Waals surface area contributed by atoms with Crippen LogP contribution in [0.5, 0.6) is 0 Å². The van der Waals surface area contributed by atoms with Crippen molar-refractivity contribution in [3.8, 4) is 0 Å². The average molecular weight is 328 g/mol. The van der Waals surface area contributed by atoms with Gasteiger partial charge in [-0.2, -0.15) is 0 Å². The number of benzene rings is 1. The first-order chi connectivity index (χ1) is 11.7. The van der Waals surface area contributed by atoms with E-state index in [2.05, 4.69) is 25.2 Å². The first-order valence-electron chi connectivity index (χ1n) is 7.99. The fraction of sp³-hybridized carbons (Fsp3) is 0.353. The van der Waals surface area contributed by atoms with Gasteiger partial charge in [0.2, 0.25) is 5.91 Å². The predicted octanol–water partition coefficient (Wildman–Crippen LogP) is 1.51. The van der Waals surface area contributed by atoms with Crippen LogP contribution in [0.1, 0.15) is 23.2 Å². The maximum absolute atomic E-state index is 12.1. The van der Waals surface area contributed by atoms with Crippen LogP contribution in [0.15, 0.2) is 47.2 Å². The molecule has 2 N–H and O–H groups in total. The molecule has 2 aromatic rings. The summed E-state index contributed by atoms with van der Waals surface area (Å²) < 4.78 is 4.67. The number of anilines is 1. The van der Waals surface area contributed by atoms with E-state index in [1.165, 1.54) is 6.26 Å². The molecule has 0 saturated carbocycles. The van der Waals surface area contributed by atoms with E-state index in [9.17, 15) is 9.59 Å². The smallest absolute Gasteiger partial charge is 0.251 e. The topological polar surface area (TPSA) is 87.5 Å². The minimum Gasteiger partial charge on any atom is -0.363 e. The summed E-state index contributed by atoms with van der Waals surface area (Å²) >= 11 is 0. The molecule has 2 heterocycles. The summed E-state index contributed by atoms with van der Waals surface area (Å²) in [5, 5.41) is 9.39. The molecule has 0 atom stereocenters. The lowest BCUT2D eigenvalue weighted by Gasteiger charge is -2.31. The largest absolute Gasteiger partial charge is 0.363 e. The van der Waals surface area contributed by atoms with Crippen LogP contribution < -0.4 is 10.6 Å². The second-order valence-corrected chi connectivity index (χ2v) is 5.82. The van der Waals surface area contributed by atoms with Crippen LogP contribution in [0.2, 0.25) is 0 Å². The quantitative estimate of drug-likeness (QED) is 0.869. The number of aromatic nitrogens is 1. The van der Waals surface area contributed by atoms with E-state index in [0.29, 0.717) is 17.9 Å². The Morgan fingerprint density at radius 2 is 1.92 bits per heavy atom. The number of carbonyl (C=O) groups excluding carboxylic acids is 2. The van der Waals surface area contributed by atoms with Crippen LogP contribution in [-0.4, -0.2) is 47.5 Å². The van der Waals surface area contributed by atoms with Crippen molar-refractivity contribution >= 4 is 17.6 Å². The van der Waals surface area contributed by atoms with Gasteiger partial charge in [0, 0.05) is 30.8 Å². The number of nitrogens with zero attached hydrogens (tertiary/aromatic N) is 2. The van der Waals surface area contributed by atoms with Crippen molar-refractivity contribution in [2.24, 2.45) is 0 Å². The molecule has 1 aliphatic rings.